The Morgan fingerprint density at radius 1 is 1.11 bits per heavy atom. The van der Waals surface area contributed by atoms with Gasteiger partial charge in [0, 0.05) is 8.95 Å². The Bertz CT molecular complexity index is 649. The van der Waals surface area contributed by atoms with E-state index in [1.54, 1.807) is 6.07 Å². The summed E-state index contributed by atoms with van der Waals surface area (Å²) < 4.78 is 15.7. The summed E-state index contributed by atoms with van der Waals surface area (Å²) in [5.41, 5.74) is 12.4. The molecule has 0 amide bonds. The molecule has 0 aromatic heterocycles. The van der Waals surface area contributed by atoms with Gasteiger partial charge in [-0.05, 0) is 40.2 Å². The molecule has 2 aromatic carbocycles. The molecule has 3 nitrogen and oxygen atoms in total. The predicted octanol–water partition coefficient (Wildman–Crippen LogP) is 4.91. The Labute approximate surface area is 131 Å². The van der Waals surface area contributed by atoms with Crippen molar-refractivity contribution in [2.45, 2.75) is 0 Å². The molecule has 0 heterocycles. The molecule has 0 aliphatic rings. The first-order chi connectivity index (χ1) is 8.90. The van der Waals surface area contributed by atoms with Crippen molar-refractivity contribution in [1.82, 2.24) is 0 Å². The fourth-order valence-corrected chi connectivity index (χ4v) is 2.81. The van der Waals surface area contributed by atoms with Crippen LogP contribution in [-0.4, -0.2) is 0 Å². The van der Waals surface area contributed by atoms with E-state index in [0.717, 1.165) is 8.95 Å². The van der Waals surface area contributed by atoms with Crippen LogP contribution >= 0.6 is 43.5 Å². The molecule has 0 spiro atoms. The summed E-state index contributed by atoms with van der Waals surface area (Å²) >= 11 is 12.5. The molecular formula is C12H9Br2ClFN3. The maximum absolute atomic E-state index is 14.0. The van der Waals surface area contributed by atoms with Crippen LogP contribution in [0.1, 0.15) is 0 Å². The standard InChI is InChI=1S/C12H9Br2ClFN3/c13-5-1-2-9(6(14)3-5)19-12-8(18)4-7(17)10(15)11(12)16/h1-4,19H,17-18H2. The van der Waals surface area contributed by atoms with Gasteiger partial charge in [-0.2, -0.15) is 0 Å². The van der Waals surface area contributed by atoms with E-state index in [1.165, 1.54) is 6.07 Å². The van der Waals surface area contributed by atoms with Crippen LogP contribution < -0.4 is 16.8 Å². The molecule has 0 fully saturated rings. The van der Waals surface area contributed by atoms with E-state index in [9.17, 15) is 4.39 Å². The van der Waals surface area contributed by atoms with Crippen LogP contribution in [0.2, 0.25) is 5.02 Å². The van der Waals surface area contributed by atoms with E-state index in [-0.39, 0.29) is 22.1 Å². The van der Waals surface area contributed by atoms with Crippen LogP contribution in [-0.2, 0) is 0 Å². The third-order valence-electron chi connectivity index (χ3n) is 2.46. The Kier molecular flexibility index (Phi) is 4.23. The zero-order chi connectivity index (χ0) is 14.2. The lowest BCUT2D eigenvalue weighted by atomic mass is 10.2. The lowest BCUT2D eigenvalue weighted by Crippen LogP contribution is -2.03. The number of hydrogen-bond acceptors (Lipinski definition) is 3. The van der Waals surface area contributed by atoms with Gasteiger partial charge in [0.2, 0.25) is 0 Å². The molecule has 0 bridgehead atoms. The number of halogens is 4. The molecule has 100 valence electrons. The first kappa shape index (κ1) is 14.4. The lowest BCUT2D eigenvalue weighted by molar-refractivity contribution is 0.633. The van der Waals surface area contributed by atoms with Gasteiger partial charge in [-0.25, -0.2) is 4.39 Å². The van der Waals surface area contributed by atoms with Crippen molar-refractivity contribution in [1.29, 1.82) is 0 Å². The molecule has 19 heavy (non-hydrogen) atoms. The van der Waals surface area contributed by atoms with Gasteiger partial charge in [-0.15, -0.1) is 0 Å². The van der Waals surface area contributed by atoms with Crippen molar-refractivity contribution >= 4 is 66.2 Å². The summed E-state index contributed by atoms with van der Waals surface area (Å²) in [5, 5.41) is 2.75. The topological polar surface area (TPSA) is 64.1 Å². The van der Waals surface area contributed by atoms with Gasteiger partial charge in [0.15, 0.2) is 5.82 Å². The van der Waals surface area contributed by atoms with Crippen molar-refractivity contribution in [3.8, 4) is 0 Å². The average molecular weight is 409 g/mol. The van der Waals surface area contributed by atoms with Gasteiger partial charge in [-0.3, -0.25) is 0 Å². The van der Waals surface area contributed by atoms with Gasteiger partial charge in [0.05, 0.1) is 22.7 Å². The molecule has 0 aliphatic carbocycles. The van der Waals surface area contributed by atoms with Crippen LogP contribution in [0, 0.1) is 5.82 Å². The van der Waals surface area contributed by atoms with Crippen molar-refractivity contribution in [3.05, 3.63) is 44.1 Å². The third kappa shape index (κ3) is 2.96. The Morgan fingerprint density at radius 3 is 2.42 bits per heavy atom. The molecule has 7 heteroatoms. The number of rotatable bonds is 2. The number of nitrogens with two attached hydrogens (primary N) is 2. The molecule has 0 saturated heterocycles. The van der Waals surface area contributed by atoms with Crippen LogP contribution in [0.25, 0.3) is 0 Å². The maximum Gasteiger partial charge on any atom is 0.169 e. The summed E-state index contributed by atoms with van der Waals surface area (Å²) in [6.07, 6.45) is 0. The third-order valence-corrected chi connectivity index (χ3v) is 3.99. The minimum Gasteiger partial charge on any atom is -0.397 e. The SMILES string of the molecule is Nc1cc(N)c(Nc2ccc(Br)cc2Br)c(F)c1Cl. The second-order valence-corrected chi connectivity index (χ2v) is 5.96. The van der Waals surface area contributed by atoms with E-state index in [0.29, 0.717) is 5.69 Å². The highest BCUT2D eigenvalue weighted by Crippen LogP contribution is 2.37. The highest BCUT2D eigenvalue weighted by Gasteiger charge is 2.15. The molecule has 0 atom stereocenters. The van der Waals surface area contributed by atoms with Gasteiger partial charge >= 0.3 is 0 Å². The number of nitrogen functional groups attached to an aromatic ring is 2. The molecule has 2 rings (SSSR count). The second kappa shape index (κ2) is 5.56. The van der Waals surface area contributed by atoms with E-state index in [1.807, 2.05) is 12.1 Å². The maximum atomic E-state index is 14.0. The zero-order valence-electron chi connectivity index (χ0n) is 9.48. The summed E-state index contributed by atoms with van der Waals surface area (Å²) in [5.74, 6) is -0.672. The monoisotopic (exact) mass is 407 g/mol. The molecule has 0 aliphatic heterocycles. The van der Waals surface area contributed by atoms with Crippen molar-refractivity contribution in [3.63, 3.8) is 0 Å². The number of anilines is 4. The quantitative estimate of drug-likeness (QED) is 0.618. The number of nitrogens with one attached hydrogen (secondary N) is 1. The van der Waals surface area contributed by atoms with E-state index in [4.69, 9.17) is 23.1 Å². The molecule has 0 saturated carbocycles. The van der Waals surface area contributed by atoms with Crippen molar-refractivity contribution in [2.24, 2.45) is 0 Å². The van der Waals surface area contributed by atoms with E-state index < -0.39 is 5.82 Å². The minimum atomic E-state index is -0.672. The van der Waals surface area contributed by atoms with Gasteiger partial charge < -0.3 is 16.8 Å². The van der Waals surface area contributed by atoms with Crippen LogP contribution in [0.5, 0.6) is 0 Å². The largest absolute Gasteiger partial charge is 0.397 e. The van der Waals surface area contributed by atoms with Gasteiger partial charge in [0.1, 0.15) is 5.02 Å². The Hall–Kier alpha value is -0.980. The lowest BCUT2D eigenvalue weighted by Gasteiger charge is -2.14. The number of hydrogen-bond donors (Lipinski definition) is 3. The molecular weight excluding hydrogens is 400 g/mol. The number of benzene rings is 2. The predicted molar refractivity (Wildman–Crippen MR) is 85.4 cm³/mol. The fraction of sp³-hybridized carbons (Fsp3) is 0. The van der Waals surface area contributed by atoms with Crippen LogP contribution in [0.3, 0.4) is 0 Å². The Balaban J connectivity index is 2.47. The average Bonchev–Trinajstić information content (AvgIpc) is 2.34. The Morgan fingerprint density at radius 2 is 1.79 bits per heavy atom. The van der Waals surface area contributed by atoms with Crippen molar-refractivity contribution in [2.75, 3.05) is 16.8 Å². The minimum absolute atomic E-state index is 0.0993. The molecule has 0 radical (unpaired) electrons. The summed E-state index contributed by atoms with van der Waals surface area (Å²) in [6, 6.07) is 6.84. The first-order valence-corrected chi connectivity index (χ1v) is 7.11. The smallest absolute Gasteiger partial charge is 0.169 e. The zero-order valence-corrected chi connectivity index (χ0v) is 13.4. The first-order valence-electron chi connectivity index (χ1n) is 5.15. The van der Waals surface area contributed by atoms with E-state index >= 15 is 0 Å². The molecule has 5 N–H and O–H groups in total. The molecule has 2 aromatic rings. The summed E-state index contributed by atoms with van der Waals surface area (Å²) in [7, 11) is 0. The van der Waals surface area contributed by atoms with Gasteiger partial charge in [0.25, 0.3) is 0 Å². The highest BCUT2D eigenvalue weighted by atomic mass is 79.9. The summed E-state index contributed by atoms with van der Waals surface area (Å²) in [6.45, 7) is 0. The normalized spacial score (nSPS) is 10.5. The second-order valence-electron chi connectivity index (χ2n) is 3.81. The van der Waals surface area contributed by atoms with Crippen LogP contribution in [0.15, 0.2) is 33.2 Å². The van der Waals surface area contributed by atoms with Crippen LogP contribution in [0.4, 0.5) is 27.1 Å². The van der Waals surface area contributed by atoms with Crippen molar-refractivity contribution < 1.29 is 4.39 Å². The van der Waals surface area contributed by atoms with Gasteiger partial charge in [-0.1, -0.05) is 27.5 Å². The summed E-state index contributed by atoms with van der Waals surface area (Å²) in [4.78, 5) is 0. The highest BCUT2D eigenvalue weighted by molar-refractivity contribution is 9.11. The fourth-order valence-electron chi connectivity index (χ4n) is 1.52. The van der Waals surface area contributed by atoms with E-state index in [2.05, 4.69) is 37.2 Å². The molecule has 0 unspecified atom stereocenters.